The van der Waals surface area contributed by atoms with E-state index in [0.717, 1.165) is 12.8 Å². The summed E-state index contributed by atoms with van der Waals surface area (Å²) in [7, 11) is 0. The maximum atomic E-state index is 3.75. The number of aryl methyl sites for hydroxylation is 1. The summed E-state index contributed by atoms with van der Waals surface area (Å²) in [6.07, 6.45) is 8.22. The Morgan fingerprint density at radius 2 is 2.00 bits per heavy atom. The molecule has 0 bridgehead atoms. The van der Waals surface area contributed by atoms with Gasteiger partial charge in [-0.25, -0.2) is 0 Å². The van der Waals surface area contributed by atoms with Gasteiger partial charge in [-0.05, 0) is 47.4 Å². The highest BCUT2D eigenvalue weighted by Crippen LogP contribution is 2.15. The Morgan fingerprint density at radius 3 is 2.62 bits per heavy atom. The Kier molecular flexibility index (Phi) is 3.89. The first kappa shape index (κ1) is 11.1. The van der Waals surface area contributed by atoms with Crippen LogP contribution in [0.25, 0.3) is 6.08 Å². The Hall–Kier alpha value is -1.41. The Bertz CT molecular complexity index is 415. The molecule has 0 spiro atoms. The van der Waals surface area contributed by atoms with Crippen LogP contribution in [-0.4, -0.2) is 0 Å². The number of rotatable bonds is 4. The number of allylic oxidation sites excluding steroid dienone is 3. The van der Waals surface area contributed by atoms with Gasteiger partial charge in [-0.1, -0.05) is 43.0 Å². The van der Waals surface area contributed by atoms with Crippen molar-refractivity contribution < 1.29 is 0 Å². The zero-order chi connectivity index (χ0) is 11.2. The molecule has 1 aromatic carbocycles. The van der Waals surface area contributed by atoms with Gasteiger partial charge in [0.05, 0.1) is 0 Å². The van der Waals surface area contributed by atoms with E-state index in [2.05, 4.69) is 47.7 Å². The van der Waals surface area contributed by atoms with Crippen LogP contribution in [0.3, 0.4) is 0 Å². The van der Waals surface area contributed by atoms with Crippen molar-refractivity contribution in [2.75, 3.05) is 0 Å². The van der Waals surface area contributed by atoms with Gasteiger partial charge in [0.1, 0.15) is 0 Å². The zero-order valence-corrected chi connectivity index (χ0v) is 9.96. The fourth-order valence-corrected chi connectivity index (χ4v) is 2.12. The van der Waals surface area contributed by atoms with Crippen LogP contribution < -0.4 is 4.72 Å². The van der Waals surface area contributed by atoms with Crippen molar-refractivity contribution in [3.8, 4) is 0 Å². The second-order valence-corrected chi connectivity index (χ2v) is 4.40. The molecular formula is C14H15NS. The fourth-order valence-electron chi connectivity index (χ4n) is 1.57. The highest BCUT2D eigenvalue weighted by molar-refractivity contribution is 8.00. The number of benzene rings is 1. The van der Waals surface area contributed by atoms with Crippen LogP contribution in [0.15, 0.2) is 54.1 Å². The van der Waals surface area contributed by atoms with Crippen LogP contribution in [0.4, 0.5) is 0 Å². The van der Waals surface area contributed by atoms with Crippen molar-refractivity contribution in [1.29, 1.82) is 0 Å². The van der Waals surface area contributed by atoms with Crippen LogP contribution in [0.5, 0.6) is 0 Å². The average molecular weight is 229 g/mol. The van der Waals surface area contributed by atoms with Gasteiger partial charge in [0, 0.05) is 5.70 Å². The molecule has 0 unspecified atom stereocenters. The Balaban J connectivity index is 1.91. The lowest BCUT2D eigenvalue weighted by atomic mass is 10.1. The summed E-state index contributed by atoms with van der Waals surface area (Å²) >= 11 is 1.63. The van der Waals surface area contributed by atoms with Gasteiger partial charge in [-0.3, -0.25) is 0 Å². The van der Waals surface area contributed by atoms with E-state index in [9.17, 15) is 0 Å². The summed E-state index contributed by atoms with van der Waals surface area (Å²) in [6, 6.07) is 8.56. The lowest BCUT2D eigenvalue weighted by Crippen LogP contribution is -2.05. The summed E-state index contributed by atoms with van der Waals surface area (Å²) in [4.78, 5) is 0. The Labute approximate surface area is 101 Å². The van der Waals surface area contributed by atoms with E-state index < -0.39 is 0 Å². The molecule has 0 fully saturated rings. The number of hydrogen-bond acceptors (Lipinski definition) is 2. The van der Waals surface area contributed by atoms with Crippen LogP contribution in [-0.2, 0) is 6.42 Å². The first-order chi connectivity index (χ1) is 7.88. The molecule has 0 saturated heterocycles. The summed E-state index contributed by atoms with van der Waals surface area (Å²) in [5, 5.41) is 2.04. The normalized spacial score (nSPS) is 14.1. The van der Waals surface area contributed by atoms with E-state index in [0.29, 0.717) is 0 Å². The van der Waals surface area contributed by atoms with Gasteiger partial charge >= 0.3 is 0 Å². The molecule has 2 heteroatoms. The third kappa shape index (κ3) is 3.04. The third-order valence-electron chi connectivity index (χ3n) is 2.53. The van der Waals surface area contributed by atoms with E-state index in [1.54, 1.807) is 11.9 Å². The lowest BCUT2D eigenvalue weighted by Gasteiger charge is -2.10. The van der Waals surface area contributed by atoms with E-state index >= 15 is 0 Å². The smallest absolute Gasteiger partial charge is 0.0217 e. The van der Waals surface area contributed by atoms with Gasteiger partial charge in [-0.2, -0.15) is 0 Å². The molecule has 16 heavy (non-hydrogen) atoms. The van der Waals surface area contributed by atoms with Gasteiger partial charge < -0.3 is 4.72 Å². The van der Waals surface area contributed by atoms with Crippen LogP contribution in [0, 0.1) is 0 Å². The summed E-state index contributed by atoms with van der Waals surface area (Å²) in [5.41, 5.74) is 3.84. The second kappa shape index (κ2) is 5.61. The lowest BCUT2D eigenvalue weighted by molar-refractivity contribution is 0.901. The molecule has 0 amide bonds. The molecule has 1 N–H and O–H groups in total. The predicted molar refractivity (Wildman–Crippen MR) is 72.8 cm³/mol. The second-order valence-electron chi connectivity index (χ2n) is 3.69. The first-order valence-corrected chi connectivity index (χ1v) is 6.25. The molecule has 1 nitrogen and oxygen atoms in total. The van der Waals surface area contributed by atoms with Gasteiger partial charge in [-0.15, -0.1) is 0 Å². The quantitative estimate of drug-likeness (QED) is 0.786. The van der Waals surface area contributed by atoms with Gasteiger partial charge in [0.15, 0.2) is 0 Å². The largest absolute Gasteiger partial charge is 0.330 e. The average Bonchev–Trinajstić information content (AvgIpc) is 2.38. The number of nitrogens with one attached hydrogen (secondary N) is 1. The third-order valence-corrected chi connectivity index (χ3v) is 3.21. The van der Waals surface area contributed by atoms with Crippen LogP contribution in [0.1, 0.15) is 17.5 Å². The molecule has 0 radical (unpaired) electrons. The van der Waals surface area contributed by atoms with Crippen molar-refractivity contribution in [3.63, 3.8) is 0 Å². The molecular weight excluding hydrogens is 214 g/mol. The molecule has 1 heterocycles. The molecule has 1 aliphatic rings. The monoisotopic (exact) mass is 229 g/mol. The van der Waals surface area contributed by atoms with Crippen LogP contribution in [0.2, 0.25) is 0 Å². The highest BCUT2D eigenvalue weighted by atomic mass is 32.2. The minimum absolute atomic E-state index is 1.06. The maximum absolute atomic E-state index is 3.75. The van der Waals surface area contributed by atoms with Crippen molar-refractivity contribution in [3.05, 3.63) is 65.2 Å². The molecule has 0 atom stereocenters. The van der Waals surface area contributed by atoms with Crippen molar-refractivity contribution in [1.82, 2.24) is 4.72 Å². The van der Waals surface area contributed by atoms with E-state index in [1.165, 1.54) is 16.8 Å². The number of hydrogen-bond donors (Lipinski definition) is 1. The summed E-state index contributed by atoms with van der Waals surface area (Å²) in [5.74, 6) is 0. The van der Waals surface area contributed by atoms with Crippen molar-refractivity contribution in [2.45, 2.75) is 12.8 Å². The molecule has 1 aliphatic heterocycles. The molecule has 1 aromatic rings. The van der Waals surface area contributed by atoms with Crippen molar-refractivity contribution >= 4 is 18.0 Å². The maximum Gasteiger partial charge on any atom is 0.0217 e. The minimum Gasteiger partial charge on any atom is -0.330 e. The minimum atomic E-state index is 1.06. The van der Waals surface area contributed by atoms with E-state index in [4.69, 9.17) is 0 Å². The SMILES string of the molecule is C=Cc1ccc(CCC2=CC=CSN2)cc1. The Morgan fingerprint density at radius 1 is 1.19 bits per heavy atom. The molecule has 0 aliphatic carbocycles. The first-order valence-electron chi connectivity index (χ1n) is 5.37. The summed E-state index contributed by atoms with van der Waals surface area (Å²) in [6.45, 7) is 3.75. The zero-order valence-electron chi connectivity index (χ0n) is 9.15. The highest BCUT2D eigenvalue weighted by Gasteiger charge is 2.00. The van der Waals surface area contributed by atoms with Gasteiger partial charge in [0.2, 0.25) is 0 Å². The molecule has 0 aromatic heterocycles. The standard InChI is InChI=1S/C14H15NS/c1-2-12-5-7-13(8-6-12)9-10-14-4-3-11-16-15-14/h2-8,11,15H,1,9-10H2. The topological polar surface area (TPSA) is 12.0 Å². The molecule has 2 rings (SSSR count). The fraction of sp³-hybridized carbons (Fsp3) is 0.143. The molecule has 0 saturated carbocycles. The van der Waals surface area contributed by atoms with E-state index in [1.807, 2.05) is 11.5 Å². The predicted octanol–water partition coefficient (Wildman–Crippen LogP) is 3.91. The van der Waals surface area contributed by atoms with E-state index in [-0.39, 0.29) is 0 Å². The molecule has 82 valence electrons. The van der Waals surface area contributed by atoms with Crippen LogP contribution >= 0.6 is 11.9 Å². The summed E-state index contributed by atoms with van der Waals surface area (Å²) < 4.78 is 3.29. The van der Waals surface area contributed by atoms with Gasteiger partial charge in [0.25, 0.3) is 0 Å². The van der Waals surface area contributed by atoms with Crippen molar-refractivity contribution in [2.24, 2.45) is 0 Å².